The molecule has 1 aromatic heterocycles. The van der Waals surface area contributed by atoms with Gasteiger partial charge in [-0.3, -0.25) is 4.79 Å². The Balaban J connectivity index is 1.78. The van der Waals surface area contributed by atoms with Crippen LogP contribution in [0.2, 0.25) is 0 Å². The molecule has 1 heterocycles. The van der Waals surface area contributed by atoms with Crippen LogP contribution in [0.1, 0.15) is 37.8 Å². The summed E-state index contributed by atoms with van der Waals surface area (Å²) in [6.07, 6.45) is 0.477. The lowest BCUT2D eigenvalue weighted by atomic mass is 9.92. The Morgan fingerprint density at radius 2 is 1.91 bits per heavy atom. The number of amides is 1. The van der Waals surface area contributed by atoms with Crippen LogP contribution in [-0.4, -0.2) is 16.1 Å². The normalized spacial score (nSPS) is 11.4. The van der Waals surface area contributed by atoms with E-state index in [0.29, 0.717) is 11.6 Å². The summed E-state index contributed by atoms with van der Waals surface area (Å²) in [5.74, 6) is 1.75. The fourth-order valence-electron chi connectivity index (χ4n) is 1.84. The second kappa shape index (κ2) is 7.74. The van der Waals surface area contributed by atoms with Crippen molar-refractivity contribution in [3.05, 3.63) is 40.9 Å². The van der Waals surface area contributed by atoms with Crippen LogP contribution in [0.5, 0.6) is 0 Å². The summed E-state index contributed by atoms with van der Waals surface area (Å²) < 4.78 is 0. The quantitative estimate of drug-likeness (QED) is 0.853. The van der Waals surface area contributed by atoms with Gasteiger partial charge in [-0.05, 0) is 11.0 Å². The molecule has 0 aliphatic carbocycles. The van der Waals surface area contributed by atoms with Gasteiger partial charge in [0.25, 0.3) is 0 Å². The van der Waals surface area contributed by atoms with E-state index in [9.17, 15) is 4.79 Å². The van der Waals surface area contributed by atoms with Crippen molar-refractivity contribution >= 4 is 34.1 Å². The minimum absolute atomic E-state index is 0.00728. The van der Waals surface area contributed by atoms with Crippen LogP contribution in [0.25, 0.3) is 0 Å². The summed E-state index contributed by atoms with van der Waals surface area (Å²) in [5, 5.41) is 12.5. The van der Waals surface area contributed by atoms with Crippen molar-refractivity contribution in [1.82, 2.24) is 10.2 Å². The number of nitrogens with zero attached hydrogens (tertiary/aromatic N) is 2. The van der Waals surface area contributed by atoms with Gasteiger partial charge in [0.2, 0.25) is 11.0 Å². The van der Waals surface area contributed by atoms with E-state index in [4.69, 9.17) is 0 Å². The average molecular weight is 335 g/mol. The van der Waals surface area contributed by atoms with E-state index < -0.39 is 0 Å². The Morgan fingerprint density at radius 3 is 2.59 bits per heavy atom. The predicted octanol–water partition coefficient (Wildman–Crippen LogP) is 4.35. The maximum absolute atomic E-state index is 11.9. The number of nitrogens with one attached hydrogen (secondary N) is 1. The highest BCUT2D eigenvalue weighted by Crippen LogP contribution is 2.24. The molecule has 0 atom stereocenters. The number of hydrogen-bond donors (Lipinski definition) is 1. The molecule has 0 aliphatic heterocycles. The van der Waals surface area contributed by atoms with Crippen molar-refractivity contribution in [3.63, 3.8) is 0 Å². The molecule has 6 heteroatoms. The lowest BCUT2D eigenvalue weighted by molar-refractivity contribution is -0.117. The molecule has 22 heavy (non-hydrogen) atoms. The van der Waals surface area contributed by atoms with E-state index in [2.05, 4.69) is 27.6 Å². The summed E-state index contributed by atoms with van der Waals surface area (Å²) in [7, 11) is 0. The topological polar surface area (TPSA) is 54.9 Å². The zero-order valence-electron chi connectivity index (χ0n) is 13.1. The van der Waals surface area contributed by atoms with Crippen LogP contribution >= 0.6 is 23.1 Å². The highest BCUT2D eigenvalue weighted by Gasteiger charge is 2.17. The first-order valence-corrected chi connectivity index (χ1v) is 9.13. The van der Waals surface area contributed by atoms with Crippen LogP contribution < -0.4 is 5.32 Å². The summed E-state index contributed by atoms with van der Waals surface area (Å²) >= 11 is 3.24. The smallest absolute Gasteiger partial charge is 0.226 e. The average Bonchev–Trinajstić information content (AvgIpc) is 2.85. The second-order valence-electron chi connectivity index (χ2n) is 6.26. The Morgan fingerprint density at radius 1 is 1.18 bits per heavy atom. The van der Waals surface area contributed by atoms with Gasteiger partial charge >= 0.3 is 0 Å². The van der Waals surface area contributed by atoms with Crippen LogP contribution in [0, 0.1) is 5.41 Å². The molecule has 0 bridgehead atoms. The second-order valence-corrected chi connectivity index (χ2v) is 8.31. The third-order valence-electron chi connectivity index (χ3n) is 2.74. The van der Waals surface area contributed by atoms with E-state index in [-0.39, 0.29) is 11.3 Å². The molecule has 0 saturated heterocycles. The fourth-order valence-corrected chi connectivity index (χ4v) is 3.64. The van der Waals surface area contributed by atoms with Crippen LogP contribution in [0.15, 0.2) is 30.3 Å². The predicted molar refractivity (Wildman–Crippen MR) is 94.1 cm³/mol. The molecule has 1 amide bonds. The van der Waals surface area contributed by atoms with Gasteiger partial charge in [0.1, 0.15) is 5.01 Å². The lowest BCUT2D eigenvalue weighted by Gasteiger charge is -2.16. The molecule has 0 radical (unpaired) electrons. The van der Waals surface area contributed by atoms with Gasteiger partial charge in [-0.25, -0.2) is 0 Å². The Labute approximate surface area is 139 Å². The number of anilines is 1. The van der Waals surface area contributed by atoms with E-state index in [1.54, 1.807) is 11.8 Å². The molecular weight excluding hydrogens is 314 g/mol. The maximum atomic E-state index is 11.9. The Kier molecular flexibility index (Phi) is 5.97. The number of carbonyl (C=O) groups is 1. The third-order valence-corrected chi connectivity index (χ3v) is 4.78. The summed E-state index contributed by atoms with van der Waals surface area (Å²) in [5.41, 5.74) is 1.28. The molecule has 2 rings (SSSR count). The molecule has 0 aliphatic rings. The van der Waals surface area contributed by atoms with Gasteiger partial charge < -0.3 is 5.32 Å². The standard InChI is InChI=1S/C16H21N3OS2/c1-16(2,3)9-13(20)17-15-19-18-14(22-15)11-21-10-12-7-5-4-6-8-12/h4-8H,9-11H2,1-3H3,(H,17,19,20). The van der Waals surface area contributed by atoms with Crippen LogP contribution in [0.3, 0.4) is 0 Å². The van der Waals surface area contributed by atoms with E-state index in [1.807, 2.05) is 39.0 Å². The summed E-state index contributed by atoms with van der Waals surface area (Å²) in [4.78, 5) is 11.9. The molecule has 1 N–H and O–H groups in total. The summed E-state index contributed by atoms with van der Waals surface area (Å²) in [6.45, 7) is 6.12. The number of rotatable bonds is 6. The van der Waals surface area contributed by atoms with Crippen molar-refractivity contribution in [3.8, 4) is 0 Å². The largest absolute Gasteiger partial charge is 0.301 e. The monoisotopic (exact) mass is 335 g/mol. The molecule has 2 aromatic rings. The zero-order chi connectivity index (χ0) is 16.0. The van der Waals surface area contributed by atoms with Gasteiger partial charge in [-0.15, -0.1) is 22.0 Å². The molecule has 1 aromatic carbocycles. The van der Waals surface area contributed by atoms with Crippen LogP contribution in [0.4, 0.5) is 5.13 Å². The van der Waals surface area contributed by atoms with Gasteiger partial charge in [-0.2, -0.15) is 0 Å². The van der Waals surface area contributed by atoms with Crippen molar-refractivity contribution in [2.24, 2.45) is 5.41 Å². The van der Waals surface area contributed by atoms with Crippen molar-refractivity contribution < 1.29 is 4.79 Å². The molecular formula is C16H21N3OS2. The Bertz CT molecular complexity index is 605. The number of thioether (sulfide) groups is 1. The summed E-state index contributed by atoms with van der Waals surface area (Å²) in [6, 6.07) is 10.3. The third kappa shape index (κ3) is 6.15. The fraction of sp³-hybridized carbons (Fsp3) is 0.438. The van der Waals surface area contributed by atoms with Gasteiger partial charge in [0.15, 0.2) is 0 Å². The van der Waals surface area contributed by atoms with Gasteiger partial charge in [0, 0.05) is 17.9 Å². The first-order valence-electron chi connectivity index (χ1n) is 7.16. The van der Waals surface area contributed by atoms with Crippen molar-refractivity contribution in [1.29, 1.82) is 0 Å². The zero-order valence-corrected chi connectivity index (χ0v) is 14.8. The molecule has 0 spiro atoms. The minimum atomic E-state index is -0.0247. The van der Waals surface area contributed by atoms with E-state index >= 15 is 0 Å². The van der Waals surface area contributed by atoms with Gasteiger partial charge in [0.05, 0.1) is 0 Å². The first-order chi connectivity index (χ1) is 10.4. The lowest BCUT2D eigenvalue weighted by Crippen LogP contribution is -2.19. The minimum Gasteiger partial charge on any atom is -0.301 e. The molecule has 0 unspecified atom stereocenters. The number of carbonyl (C=O) groups excluding carboxylic acids is 1. The van der Waals surface area contributed by atoms with E-state index in [0.717, 1.165) is 16.5 Å². The van der Waals surface area contributed by atoms with Crippen molar-refractivity contribution in [2.75, 3.05) is 5.32 Å². The molecule has 118 valence electrons. The number of hydrogen-bond acceptors (Lipinski definition) is 5. The molecule has 4 nitrogen and oxygen atoms in total. The SMILES string of the molecule is CC(C)(C)CC(=O)Nc1nnc(CSCc2ccccc2)s1. The first kappa shape index (κ1) is 17.0. The Hall–Kier alpha value is -1.40. The highest BCUT2D eigenvalue weighted by molar-refractivity contribution is 7.97. The van der Waals surface area contributed by atoms with Gasteiger partial charge in [-0.1, -0.05) is 62.4 Å². The van der Waals surface area contributed by atoms with Crippen LogP contribution in [-0.2, 0) is 16.3 Å². The highest BCUT2D eigenvalue weighted by atomic mass is 32.2. The van der Waals surface area contributed by atoms with E-state index in [1.165, 1.54) is 16.9 Å². The molecule has 0 saturated carbocycles. The molecule has 0 fully saturated rings. The maximum Gasteiger partial charge on any atom is 0.226 e. The number of benzene rings is 1. The number of aromatic nitrogens is 2. The van der Waals surface area contributed by atoms with Crippen molar-refractivity contribution in [2.45, 2.75) is 38.7 Å².